The average Bonchev–Trinajstić information content (AvgIpc) is 2.73. The maximum atomic E-state index is 3.74. The van der Waals surface area contributed by atoms with E-state index in [4.69, 9.17) is 0 Å². The third kappa shape index (κ3) is 3.31. The van der Waals surface area contributed by atoms with Gasteiger partial charge in [-0.2, -0.15) is 0 Å². The summed E-state index contributed by atoms with van der Waals surface area (Å²) < 4.78 is 1.24. The Morgan fingerprint density at radius 1 is 1.38 bits per heavy atom. The summed E-state index contributed by atoms with van der Waals surface area (Å²) in [4.78, 5) is 1.44. The van der Waals surface area contributed by atoms with Crippen LogP contribution in [0.4, 0.5) is 0 Å². The molecule has 3 heteroatoms. The molecule has 0 radical (unpaired) electrons. The summed E-state index contributed by atoms with van der Waals surface area (Å²) in [6.45, 7) is 3.36. The fourth-order valence-corrected chi connectivity index (χ4v) is 4.08. The Labute approximate surface area is 111 Å². The molecule has 1 nitrogen and oxygen atoms in total. The van der Waals surface area contributed by atoms with Crippen LogP contribution in [0.5, 0.6) is 0 Å². The first-order valence-electron chi connectivity index (χ1n) is 6.27. The standard InChI is InChI=1S/C13H20BrNS/c1-2-10-5-3-4-6-12(10)15-9-11-7-8-13(14)16-11/h7-8,10,12,15H,2-6,9H2,1H3. The van der Waals surface area contributed by atoms with Gasteiger partial charge >= 0.3 is 0 Å². The first kappa shape index (κ1) is 12.6. The Hall–Kier alpha value is 0.140. The molecular formula is C13H20BrNS. The Morgan fingerprint density at radius 2 is 2.19 bits per heavy atom. The molecule has 0 aliphatic heterocycles. The third-order valence-corrected chi connectivity index (χ3v) is 5.22. The van der Waals surface area contributed by atoms with Crippen molar-refractivity contribution in [1.82, 2.24) is 5.32 Å². The van der Waals surface area contributed by atoms with Crippen LogP contribution < -0.4 is 5.32 Å². The van der Waals surface area contributed by atoms with Crippen molar-refractivity contribution in [3.05, 3.63) is 20.8 Å². The van der Waals surface area contributed by atoms with E-state index >= 15 is 0 Å². The van der Waals surface area contributed by atoms with E-state index in [-0.39, 0.29) is 0 Å². The van der Waals surface area contributed by atoms with Gasteiger partial charge in [-0.05, 0) is 46.8 Å². The normalized spacial score (nSPS) is 25.9. The molecular weight excluding hydrogens is 282 g/mol. The topological polar surface area (TPSA) is 12.0 Å². The number of nitrogens with one attached hydrogen (secondary N) is 1. The predicted molar refractivity (Wildman–Crippen MR) is 74.9 cm³/mol. The molecule has 1 heterocycles. The zero-order chi connectivity index (χ0) is 11.4. The van der Waals surface area contributed by atoms with Gasteiger partial charge in [-0.25, -0.2) is 0 Å². The molecule has 16 heavy (non-hydrogen) atoms. The molecule has 2 unspecified atom stereocenters. The minimum Gasteiger partial charge on any atom is -0.309 e. The molecule has 1 aliphatic carbocycles. The van der Waals surface area contributed by atoms with Gasteiger partial charge in [0.1, 0.15) is 0 Å². The van der Waals surface area contributed by atoms with E-state index in [1.165, 1.54) is 40.8 Å². The van der Waals surface area contributed by atoms with Crippen molar-refractivity contribution >= 4 is 27.3 Å². The number of thiophene rings is 1. The van der Waals surface area contributed by atoms with Gasteiger partial charge in [0.15, 0.2) is 0 Å². The van der Waals surface area contributed by atoms with Gasteiger partial charge in [-0.3, -0.25) is 0 Å². The molecule has 1 aromatic heterocycles. The quantitative estimate of drug-likeness (QED) is 0.859. The van der Waals surface area contributed by atoms with Gasteiger partial charge in [-0.1, -0.05) is 26.2 Å². The van der Waals surface area contributed by atoms with Crippen LogP contribution in [-0.2, 0) is 6.54 Å². The Morgan fingerprint density at radius 3 is 2.88 bits per heavy atom. The summed E-state index contributed by atoms with van der Waals surface area (Å²) >= 11 is 5.35. The van der Waals surface area contributed by atoms with Crippen molar-refractivity contribution in [2.24, 2.45) is 5.92 Å². The Kier molecular flexibility index (Phi) is 4.86. The van der Waals surface area contributed by atoms with Crippen LogP contribution in [0.2, 0.25) is 0 Å². The van der Waals surface area contributed by atoms with Crippen LogP contribution in [0.25, 0.3) is 0 Å². The van der Waals surface area contributed by atoms with Gasteiger partial charge in [0.2, 0.25) is 0 Å². The second-order valence-corrected chi connectivity index (χ2v) is 7.19. The van der Waals surface area contributed by atoms with Crippen LogP contribution in [-0.4, -0.2) is 6.04 Å². The lowest BCUT2D eigenvalue weighted by atomic mass is 9.83. The van der Waals surface area contributed by atoms with Crippen molar-refractivity contribution in [1.29, 1.82) is 0 Å². The molecule has 90 valence electrons. The van der Waals surface area contributed by atoms with E-state index in [0.29, 0.717) is 0 Å². The highest BCUT2D eigenvalue weighted by atomic mass is 79.9. The molecule has 1 N–H and O–H groups in total. The first-order chi connectivity index (χ1) is 7.79. The fourth-order valence-electron chi connectivity index (χ4n) is 2.64. The minimum absolute atomic E-state index is 0.750. The van der Waals surface area contributed by atoms with Gasteiger partial charge in [-0.15, -0.1) is 11.3 Å². The zero-order valence-electron chi connectivity index (χ0n) is 9.84. The molecule has 0 aromatic carbocycles. The summed E-state index contributed by atoms with van der Waals surface area (Å²) in [6.07, 6.45) is 6.95. The smallest absolute Gasteiger partial charge is 0.0701 e. The number of rotatable bonds is 4. The van der Waals surface area contributed by atoms with Crippen LogP contribution in [0.1, 0.15) is 43.9 Å². The van der Waals surface area contributed by atoms with E-state index in [0.717, 1.165) is 18.5 Å². The highest BCUT2D eigenvalue weighted by molar-refractivity contribution is 9.11. The molecule has 1 aromatic rings. The molecule has 0 spiro atoms. The summed E-state index contributed by atoms with van der Waals surface area (Å²) in [5, 5.41) is 3.74. The van der Waals surface area contributed by atoms with Gasteiger partial charge < -0.3 is 5.32 Å². The second-order valence-electron chi connectivity index (χ2n) is 4.65. The van der Waals surface area contributed by atoms with Gasteiger partial charge in [0.25, 0.3) is 0 Å². The molecule has 1 saturated carbocycles. The Balaban J connectivity index is 1.84. The van der Waals surface area contributed by atoms with E-state index in [2.05, 4.69) is 40.3 Å². The van der Waals surface area contributed by atoms with Gasteiger partial charge in [0.05, 0.1) is 3.79 Å². The molecule has 0 saturated heterocycles. The summed E-state index contributed by atoms with van der Waals surface area (Å²) in [5.41, 5.74) is 0. The van der Waals surface area contributed by atoms with Crippen molar-refractivity contribution in [2.45, 2.75) is 51.6 Å². The van der Waals surface area contributed by atoms with Crippen LogP contribution in [0, 0.1) is 5.92 Å². The van der Waals surface area contributed by atoms with E-state index < -0.39 is 0 Å². The lowest BCUT2D eigenvalue weighted by Gasteiger charge is -2.31. The SMILES string of the molecule is CCC1CCCCC1NCc1ccc(Br)s1. The largest absolute Gasteiger partial charge is 0.309 e. The number of hydrogen-bond acceptors (Lipinski definition) is 2. The van der Waals surface area contributed by atoms with E-state index in [1.807, 2.05) is 11.3 Å². The van der Waals surface area contributed by atoms with Crippen LogP contribution in [0.3, 0.4) is 0 Å². The predicted octanol–water partition coefficient (Wildman–Crippen LogP) is 4.57. The molecule has 2 rings (SSSR count). The van der Waals surface area contributed by atoms with Crippen LogP contribution in [0.15, 0.2) is 15.9 Å². The summed E-state index contributed by atoms with van der Waals surface area (Å²) in [6, 6.07) is 5.10. The van der Waals surface area contributed by atoms with Crippen LogP contribution >= 0.6 is 27.3 Å². The van der Waals surface area contributed by atoms with Gasteiger partial charge in [0, 0.05) is 17.5 Å². The van der Waals surface area contributed by atoms with Crippen molar-refractivity contribution in [3.63, 3.8) is 0 Å². The van der Waals surface area contributed by atoms with E-state index in [1.54, 1.807) is 0 Å². The van der Waals surface area contributed by atoms with Crippen molar-refractivity contribution in [2.75, 3.05) is 0 Å². The lowest BCUT2D eigenvalue weighted by Crippen LogP contribution is -2.37. The Bertz CT molecular complexity index is 323. The fraction of sp³-hybridized carbons (Fsp3) is 0.692. The van der Waals surface area contributed by atoms with Crippen molar-refractivity contribution < 1.29 is 0 Å². The minimum atomic E-state index is 0.750. The monoisotopic (exact) mass is 301 g/mol. The summed E-state index contributed by atoms with van der Waals surface area (Å²) in [5.74, 6) is 0.900. The molecule has 2 atom stereocenters. The lowest BCUT2D eigenvalue weighted by molar-refractivity contribution is 0.255. The average molecular weight is 302 g/mol. The molecule has 1 aliphatic rings. The molecule has 0 amide bonds. The number of hydrogen-bond donors (Lipinski definition) is 1. The maximum absolute atomic E-state index is 3.74. The van der Waals surface area contributed by atoms with Crippen molar-refractivity contribution in [3.8, 4) is 0 Å². The number of halogens is 1. The molecule has 0 bridgehead atoms. The molecule has 1 fully saturated rings. The first-order valence-corrected chi connectivity index (χ1v) is 7.88. The third-order valence-electron chi connectivity index (χ3n) is 3.60. The highest BCUT2D eigenvalue weighted by Crippen LogP contribution is 2.28. The highest BCUT2D eigenvalue weighted by Gasteiger charge is 2.22. The zero-order valence-corrected chi connectivity index (χ0v) is 12.2. The maximum Gasteiger partial charge on any atom is 0.0701 e. The van der Waals surface area contributed by atoms with E-state index in [9.17, 15) is 0 Å². The second kappa shape index (κ2) is 6.18. The summed E-state index contributed by atoms with van der Waals surface area (Å²) in [7, 11) is 0.